The molecule has 2 aromatic carbocycles. The van der Waals surface area contributed by atoms with Crippen molar-refractivity contribution in [1.82, 2.24) is 9.97 Å². The van der Waals surface area contributed by atoms with Gasteiger partial charge in [0.25, 0.3) is 5.91 Å². The molecule has 0 unspecified atom stereocenters. The number of rotatable bonds is 5. The summed E-state index contributed by atoms with van der Waals surface area (Å²) >= 11 is 0. The summed E-state index contributed by atoms with van der Waals surface area (Å²) in [6.45, 7) is 5.85. The van der Waals surface area contributed by atoms with E-state index in [4.69, 9.17) is 9.47 Å². The number of benzene rings is 2. The van der Waals surface area contributed by atoms with Crippen molar-refractivity contribution in [2.24, 2.45) is 0 Å². The highest BCUT2D eigenvalue weighted by atomic mass is 16.6. The van der Waals surface area contributed by atoms with Crippen LogP contribution < -0.4 is 19.7 Å². The molecule has 1 amide bonds. The summed E-state index contributed by atoms with van der Waals surface area (Å²) < 4.78 is 11.0. The lowest BCUT2D eigenvalue weighted by atomic mass is 10.2. The van der Waals surface area contributed by atoms with E-state index in [0.717, 1.165) is 12.2 Å². The van der Waals surface area contributed by atoms with Crippen LogP contribution in [-0.4, -0.2) is 35.6 Å². The van der Waals surface area contributed by atoms with E-state index in [1.165, 1.54) is 11.8 Å². The van der Waals surface area contributed by atoms with Crippen molar-refractivity contribution in [1.29, 1.82) is 0 Å². The zero-order chi connectivity index (χ0) is 20.2. The van der Waals surface area contributed by atoms with E-state index < -0.39 is 0 Å². The Balaban J connectivity index is 1.49. The van der Waals surface area contributed by atoms with Crippen LogP contribution in [0.5, 0.6) is 11.5 Å². The topological polar surface area (TPSA) is 76.6 Å². The first-order chi connectivity index (χ1) is 14.1. The normalized spacial score (nSPS) is 12.3. The molecule has 0 fully saturated rings. The van der Waals surface area contributed by atoms with Gasteiger partial charge in [-0.15, -0.1) is 0 Å². The maximum atomic E-state index is 12.5. The summed E-state index contributed by atoms with van der Waals surface area (Å²) in [7, 11) is 0. The highest BCUT2D eigenvalue weighted by molar-refractivity contribution is 6.02. The Morgan fingerprint density at radius 1 is 1.07 bits per heavy atom. The van der Waals surface area contributed by atoms with E-state index in [1.54, 1.807) is 24.4 Å². The third-order valence-electron chi connectivity index (χ3n) is 4.58. The Bertz CT molecular complexity index is 1020. The molecule has 7 nitrogen and oxygen atoms in total. The van der Waals surface area contributed by atoms with Crippen LogP contribution in [-0.2, 0) is 0 Å². The van der Waals surface area contributed by atoms with Crippen molar-refractivity contribution in [2.45, 2.75) is 13.8 Å². The fourth-order valence-electron chi connectivity index (χ4n) is 3.17. The van der Waals surface area contributed by atoms with Gasteiger partial charge in [-0.25, -0.2) is 9.97 Å². The third kappa shape index (κ3) is 4.13. The molecule has 29 heavy (non-hydrogen) atoms. The van der Waals surface area contributed by atoms with Gasteiger partial charge in [0.05, 0.1) is 12.4 Å². The molecule has 148 valence electrons. The molecule has 1 aliphatic heterocycles. The van der Waals surface area contributed by atoms with Crippen LogP contribution in [0.4, 0.5) is 17.2 Å². The van der Waals surface area contributed by atoms with Crippen molar-refractivity contribution in [3.8, 4) is 11.5 Å². The average Bonchev–Trinajstić information content (AvgIpc) is 2.75. The first-order valence-corrected chi connectivity index (χ1v) is 9.51. The highest BCUT2D eigenvalue weighted by Crippen LogP contribution is 2.32. The second-order valence-corrected chi connectivity index (χ2v) is 6.66. The van der Waals surface area contributed by atoms with Gasteiger partial charge < -0.3 is 19.7 Å². The number of fused-ring (bicyclic) bond motifs is 1. The molecule has 0 saturated heterocycles. The standard InChI is InChI=1S/C22H22N4O3/c1-3-26(17-6-4-5-15(2)11-17)21-14-23-18(13-24-21)22(27)25-16-7-8-19-20(12-16)29-10-9-28-19/h4-8,11-14H,3,9-10H2,1-2H3,(H,25,27). The second kappa shape index (κ2) is 8.18. The minimum Gasteiger partial charge on any atom is -0.486 e. The first-order valence-electron chi connectivity index (χ1n) is 9.51. The monoisotopic (exact) mass is 390 g/mol. The maximum absolute atomic E-state index is 12.5. The quantitative estimate of drug-likeness (QED) is 0.710. The lowest BCUT2D eigenvalue weighted by Crippen LogP contribution is -2.19. The molecule has 1 N–H and O–H groups in total. The van der Waals surface area contributed by atoms with E-state index in [1.807, 2.05) is 36.9 Å². The molecular formula is C22H22N4O3. The maximum Gasteiger partial charge on any atom is 0.275 e. The van der Waals surface area contributed by atoms with E-state index >= 15 is 0 Å². The zero-order valence-corrected chi connectivity index (χ0v) is 16.4. The molecule has 0 spiro atoms. The van der Waals surface area contributed by atoms with Crippen LogP contribution in [0.3, 0.4) is 0 Å². The zero-order valence-electron chi connectivity index (χ0n) is 16.4. The SMILES string of the molecule is CCN(c1cccc(C)c1)c1cnc(C(=O)Nc2ccc3c(c2)OCCO3)cn1. The summed E-state index contributed by atoms with van der Waals surface area (Å²) in [6.07, 6.45) is 3.10. The largest absolute Gasteiger partial charge is 0.486 e. The second-order valence-electron chi connectivity index (χ2n) is 6.66. The molecule has 3 aromatic rings. The molecule has 0 radical (unpaired) electrons. The number of carbonyl (C=O) groups is 1. The van der Waals surface area contributed by atoms with E-state index in [0.29, 0.717) is 36.2 Å². The predicted molar refractivity (Wildman–Crippen MR) is 111 cm³/mol. The van der Waals surface area contributed by atoms with Crippen LogP contribution in [0, 0.1) is 6.92 Å². The van der Waals surface area contributed by atoms with Gasteiger partial charge in [-0.1, -0.05) is 12.1 Å². The number of carbonyl (C=O) groups excluding carboxylic acids is 1. The minimum atomic E-state index is -0.334. The highest BCUT2D eigenvalue weighted by Gasteiger charge is 2.15. The van der Waals surface area contributed by atoms with Crippen molar-refractivity contribution in [3.63, 3.8) is 0 Å². The predicted octanol–water partition coefficient (Wildman–Crippen LogP) is 3.97. The Kier molecular flexibility index (Phi) is 5.29. The summed E-state index contributed by atoms with van der Waals surface area (Å²) in [6, 6.07) is 13.5. The number of hydrogen-bond donors (Lipinski definition) is 1. The van der Waals surface area contributed by atoms with Crippen molar-refractivity contribution in [2.75, 3.05) is 30.0 Å². The van der Waals surface area contributed by atoms with Gasteiger partial charge in [0.1, 0.15) is 18.9 Å². The van der Waals surface area contributed by atoms with Crippen LogP contribution in [0.1, 0.15) is 23.0 Å². The minimum absolute atomic E-state index is 0.240. The molecule has 2 heterocycles. The fourth-order valence-corrected chi connectivity index (χ4v) is 3.17. The molecule has 0 bridgehead atoms. The smallest absolute Gasteiger partial charge is 0.275 e. The molecule has 0 saturated carbocycles. The van der Waals surface area contributed by atoms with Crippen molar-refractivity contribution < 1.29 is 14.3 Å². The number of hydrogen-bond acceptors (Lipinski definition) is 6. The fraction of sp³-hybridized carbons (Fsp3) is 0.227. The number of aromatic nitrogens is 2. The Labute approximate surface area is 169 Å². The van der Waals surface area contributed by atoms with E-state index in [2.05, 4.69) is 21.4 Å². The Hall–Kier alpha value is -3.61. The molecule has 1 aliphatic rings. The van der Waals surface area contributed by atoms with Gasteiger partial charge in [0.15, 0.2) is 17.3 Å². The molecule has 4 rings (SSSR count). The lowest BCUT2D eigenvalue weighted by Gasteiger charge is -2.22. The number of aryl methyl sites for hydroxylation is 1. The number of amides is 1. The first kappa shape index (κ1) is 18.7. The average molecular weight is 390 g/mol. The van der Waals surface area contributed by atoms with Crippen LogP contribution in [0.2, 0.25) is 0 Å². The molecule has 0 atom stereocenters. The van der Waals surface area contributed by atoms with Crippen molar-refractivity contribution in [3.05, 3.63) is 66.1 Å². The van der Waals surface area contributed by atoms with Crippen LogP contribution in [0.25, 0.3) is 0 Å². The number of anilines is 3. The van der Waals surface area contributed by atoms with Gasteiger partial charge in [-0.05, 0) is 43.7 Å². The molecule has 1 aromatic heterocycles. The summed E-state index contributed by atoms with van der Waals surface area (Å²) in [5.41, 5.74) is 3.06. The Morgan fingerprint density at radius 3 is 2.62 bits per heavy atom. The van der Waals surface area contributed by atoms with Crippen LogP contribution >= 0.6 is 0 Å². The van der Waals surface area contributed by atoms with Gasteiger partial charge in [-0.3, -0.25) is 4.79 Å². The van der Waals surface area contributed by atoms with Gasteiger partial charge in [-0.2, -0.15) is 0 Å². The number of nitrogens with zero attached hydrogens (tertiary/aromatic N) is 3. The van der Waals surface area contributed by atoms with Gasteiger partial charge in [0.2, 0.25) is 0 Å². The lowest BCUT2D eigenvalue weighted by molar-refractivity contribution is 0.102. The summed E-state index contributed by atoms with van der Waals surface area (Å²) in [4.78, 5) is 23.3. The Morgan fingerprint density at radius 2 is 1.90 bits per heavy atom. The van der Waals surface area contributed by atoms with E-state index in [-0.39, 0.29) is 11.6 Å². The van der Waals surface area contributed by atoms with Gasteiger partial charge in [0, 0.05) is 24.0 Å². The molecule has 0 aliphatic carbocycles. The summed E-state index contributed by atoms with van der Waals surface area (Å²) in [5, 5.41) is 2.82. The molecular weight excluding hydrogens is 368 g/mol. The number of nitrogens with one attached hydrogen (secondary N) is 1. The molecule has 7 heteroatoms. The summed E-state index contributed by atoms with van der Waals surface area (Å²) in [5.74, 6) is 1.65. The third-order valence-corrected chi connectivity index (χ3v) is 4.58. The van der Waals surface area contributed by atoms with Crippen LogP contribution in [0.15, 0.2) is 54.9 Å². The van der Waals surface area contributed by atoms with E-state index in [9.17, 15) is 4.79 Å². The van der Waals surface area contributed by atoms with Crippen molar-refractivity contribution >= 4 is 23.1 Å². The number of ether oxygens (including phenoxy) is 2. The van der Waals surface area contributed by atoms with Gasteiger partial charge >= 0.3 is 0 Å².